The lowest BCUT2D eigenvalue weighted by Gasteiger charge is -2.35. The predicted molar refractivity (Wildman–Crippen MR) is 98.5 cm³/mol. The molecule has 2 aliphatic heterocycles. The van der Waals surface area contributed by atoms with Crippen LogP contribution in [-0.4, -0.2) is 47.9 Å². The van der Waals surface area contributed by atoms with E-state index in [1.165, 1.54) is 12.5 Å². The normalized spacial score (nSPS) is 21.7. The number of halogens is 1. The van der Waals surface area contributed by atoms with Gasteiger partial charge in [-0.05, 0) is 37.5 Å². The standard InChI is InChI=1S/C20H25FN4O/c21-17-6-2-1-5-16(17)15-24-10-12-25(13-11-24)20-9-8-18(22-23-20)19-7-3-4-14-26-19/h1-2,5-6,8-9,19H,3-4,7,10-15H2. The Morgan fingerprint density at radius 2 is 1.85 bits per heavy atom. The van der Waals surface area contributed by atoms with E-state index in [0.29, 0.717) is 6.54 Å². The van der Waals surface area contributed by atoms with Crippen LogP contribution in [0.15, 0.2) is 36.4 Å². The average Bonchev–Trinajstić information content (AvgIpc) is 2.71. The van der Waals surface area contributed by atoms with Crippen molar-refractivity contribution in [1.29, 1.82) is 0 Å². The highest BCUT2D eigenvalue weighted by atomic mass is 19.1. The minimum Gasteiger partial charge on any atom is -0.372 e. The maximum Gasteiger partial charge on any atom is 0.151 e. The van der Waals surface area contributed by atoms with Crippen LogP contribution in [0.5, 0.6) is 0 Å². The number of ether oxygens (including phenoxy) is 1. The van der Waals surface area contributed by atoms with Crippen LogP contribution < -0.4 is 4.90 Å². The van der Waals surface area contributed by atoms with E-state index >= 15 is 0 Å². The summed E-state index contributed by atoms with van der Waals surface area (Å²) in [6, 6.07) is 11.1. The lowest BCUT2D eigenvalue weighted by molar-refractivity contribution is 0.0118. The lowest BCUT2D eigenvalue weighted by atomic mass is 10.1. The molecule has 26 heavy (non-hydrogen) atoms. The highest BCUT2D eigenvalue weighted by Crippen LogP contribution is 2.26. The van der Waals surface area contributed by atoms with E-state index in [-0.39, 0.29) is 11.9 Å². The van der Waals surface area contributed by atoms with E-state index in [0.717, 1.165) is 62.7 Å². The highest BCUT2D eigenvalue weighted by Gasteiger charge is 2.21. The van der Waals surface area contributed by atoms with Crippen LogP contribution in [0.1, 0.15) is 36.6 Å². The van der Waals surface area contributed by atoms with E-state index in [4.69, 9.17) is 4.74 Å². The Kier molecular flexibility index (Phi) is 5.41. The Morgan fingerprint density at radius 3 is 2.54 bits per heavy atom. The maximum atomic E-state index is 13.8. The fraction of sp³-hybridized carbons (Fsp3) is 0.500. The monoisotopic (exact) mass is 356 g/mol. The third kappa shape index (κ3) is 4.02. The van der Waals surface area contributed by atoms with Gasteiger partial charge in [-0.2, -0.15) is 5.10 Å². The molecule has 2 aromatic rings. The molecule has 1 aromatic carbocycles. The zero-order chi connectivity index (χ0) is 17.8. The molecule has 0 saturated carbocycles. The van der Waals surface area contributed by atoms with Gasteiger partial charge >= 0.3 is 0 Å². The van der Waals surface area contributed by atoms with Gasteiger partial charge in [0.1, 0.15) is 11.9 Å². The van der Waals surface area contributed by atoms with Crippen LogP contribution in [0.2, 0.25) is 0 Å². The fourth-order valence-corrected chi connectivity index (χ4v) is 3.65. The zero-order valence-corrected chi connectivity index (χ0v) is 15.0. The third-order valence-corrected chi connectivity index (χ3v) is 5.23. The van der Waals surface area contributed by atoms with Gasteiger partial charge in [0, 0.05) is 44.9 Å². The number of nitrogens with zero attached hydrogens (tertiary/aromatic N) is 4. The number of piperazine rings is 1. The summed E-state index contributed by atoms with van der Waals surface area (Å²) in [6.45, 7) is 5.01. The second-order valence-electron chi connectivity index (χ2n) is 7.03. The summed E-state index contributed by atoms with van der Waals surface area (Å²) in [5.41, 5.74) is 1.70. The second-order valence-corrected chi connectivity index (χ2v) is 7.03. The van der Waals surface area contributed by atoms with Crippen molar-refractivity contribution in [2.45, 2.75) is 31.9 Å². The molecule has 0 N–H and O–H groups in total. The largest absolute Gasteiger partial charge is 0.372 e. The lowest BCUT2D eigenvalue weighted by Crippen LogP contribution is -2.46. The van der Waals surface area contributed by atoms with E-state index in [1.807, 2.05) is 24.3 Å². The number of aromatic nitrogens is 2. The maximum absolute atomic E-state index is 13.8. The van der Waals surface area contributed by atoms with Crippen LogP contribution in [0.3, 0.4) is 0 Å². The Balaban J connectivity index is 1.32. The van der Waals surface area contributed by atoms with E-state index in [9.17, 15) is 4.39 Å². The summed E-state index contributed by atoms with van der Waals surface area (Å²) < 4.78 is 19.6. The topological polar surface area (TPSA) is 41.5 Å². The average molecular weight is 356 g/mol. The molecule has 0 amide bonds. The summed E-state index contributed by atoms with van der Waals surface area (Å²) in [5, 5.41) is 8.81. The predicted octanol–water partition coefficient (Wildman–Crippen LogP) is 3.18. The van der Waals surface area contributed by atoms with Crippen LogP contribution >= 0.6 is 0 Å². The van der Waals surface area contributed by atoms with Crippen molar-refractivity contribution < 1.29 is 9.13 Å². The third-order valence-electron chi connectivity index (χ3n) is 5.23. The first-order chi connectivity index (χ1) is 12.8. The Hall–Kier alpha value is -2.05. The number of benzene rings is 1. The minimum absolute atomic E-state index is 0.0999. The van der Waals surface area contributed by atoms with E-state index in [2.05, 4.69) is 20.0 Å². The van der Waals surface area contributed by atoms with Gasteiger partial charge in [0.25, 0.3) is 0 Å². The minimum atomic E-state index is -0.124. The van der Waals surface area contributed by atoms with Gasteiger partial charge in [-0.15, -0.1) is 5.10 Å². The Morgan fingerprint density at radius 1 is 1.00 bits per heavy atom. The van der Waals surface area contributed by atoms with Gasteiger partial charge in [-0.3, -0.25) is 4.90 Å². The second kappa shape index (κ2) is 8.10. The Labute approximate surface area is 153 Å². The molecule has 2 aliphatic rings. The van der Waals surface area contributed by atoms with Gasteiger partial charge in [0.05, 0.1) is 5.69 Å². The molecule has 6 heteroatoms. The molecule has 3 heterocycles. The van der Waals surface area contributed by atoms with Crippen molar-refractivity contribution in [2.75, 3.05) is 37.7 Å². The van der Waals surface area contributed by atoms with Crippen molar-refractivity contribution in [1.82, 2.24) is 15.1 Å². The van der Waals surface area contributed by atoms with Gasteiger partial charge in [-0.25, -0.2) is 4.39 Å². The summed E-state index contributed by atoms with van der Waals surface area (Å²) in [5.74, 6) is 0.788. The van der Waals surface area contributed by atoms with Crippen molar-refractivity contribution in [3.8, 4) is 0 Å². The summed E-state index contributed by atoms with van der Waals surface area (Å²) in [4.78, 5) is 4.53. The molecule has 2 fully saturated rings. The first-order valence-corrected chi connectivity index (χ1v) is 9.45. The van der Waals surface area contributed by atoms with Crippen molar-refractivity contribution in [3.05, 3.63) is 53.5 Å². The van der Waals surface area contributed by atoms with Crippen LogP contribution in [0.4, 0.5) is 10.2 Å². The summed E-state index contributed by atoms with van der Waals surface area (Å²) in [6.07, 6.45) is 3.46. The molecule has 0 bridgehead atoms. The molecule has 1 aromatic heterocycles. The number of hydrogen-bond donors (Lipinski definition) is 0. The quantitative estimate of drug-likeness (QED) is 0.842. The SMILES string of the molecule is Fc1ccccc1CN1CCN(c2ccc(C3CCCCO3)nn2)CC1. The van der Waals surface area contributed by atoms with Crippen LogP contribution in [-0.2, 0) is 11.3 Å². The van der Waals surface area contributed by atoms with E-state index < -0.39 is 0 Å². The first-order valence-electron chi connectivity index (χ1n) is 9.45. The molecule has 0 aliphatic carbocycles. The van der Waals surface area contributed by atoms with E-state index in [1.54, 1.807) is 6.07 Å². The molecule has 2 saturated heterocycles. The van der Waals surface area contributed by atoms with Gasteiger partial charge in [0.15, 0.2) is 5.82 Å². The number of rotatable bonds is 4. The van der Waals surface area contributed by atoms with Crippen molar-refractivity contribution >= 4 is 5.82 Å². The van der Waals surface area contributed by atoms with Gasteiger partial charge in [0.2, 0.25) is 0 Å². The van der Waals surface area contributed by atoms with Crippen molar-refractivity contribution in [3.63, 3.8) is 0 Å². The molecule has 0 radical (unpaired) electrons. The molecule has 1 atom stereocenters. The molecule has 1 unspecified atom stereocenters. The van der Waals surface area contributed by atoms with Gasteiger partial charge < -0.3 is 9.64 Å². The molecular weight excluding hydrogens is 331 g/mol. The number of anilines is 1. The van der Waals surface area contributed by atoms with Crippen molar-refractivity contribution in [2.24, 2.45) is 0 Å². The first kappa shape index (κ1) is 17.4. The molecule has 5 nitrogen and oxygen atoms in total. The van der Waals surface area contributed by atoms with Gasteiger partial charge in [-0.1, -0.05) is 18.2 Å². The summed E-state index contributed by atoms with van der Waals surface area (Å²) in [7, 11) is 0. The van der Waals surface area contributed by atoms with Crippen LogP contribution in [0.25, 0.3) is 0 Å². The highest BCUT2D eigenvalue weighted by molar-refractivity contribution is 5.38. The molecule has 138 valence electrons. The van der Waals surface area contributed by atoms with Crippen LogP contribution in [0, 0.1) is 5.82 Å². The fourth-order valence-electron chi connectivity index (χ4n) is 3.65. The summed E-state index contributed by atoms with van der Waals surface area (Å²) >= 11 is 0. The number of hydrogen-bond acceptors (Lipinski definition) is 5. The zero-order valence-electron chi connectivity index (χ0n) is 15.0. The Bertz CT molecular complexity index is 710. The molecule has 4 rings (SSSR count). The smallest absolute Gasteiger partial charge is 0.151 e. The molecule has 0 spiro atoms. The molecular formula is C20H25FN4O.